The Balaban J connectivity index is 3.84. The smallest absolute Gasteiger partial charge is 0.418 e. The van der Waals surface area contributed by atoms with Crippen molar-refractivity contribution >= 4 is 11.9 Å². The van der Waals surface area contributed by atoms with E-state index in [1.54, 1.807) is 6.92 Å². The van der Waals surface area contributed by atoms with E-state index in [1.165, 1.54) is 0 Å². The third-order valence-corrected chi connectivity index (χ3v) is 1.34. The highest BCUT2D eigenvalue weighted by atomic mass is 16.6. The molecule has 0 saturated heterocycles. The van der Waals surface area contributed by atoms with Crippen molar-refractivity contribution in [2.24, 2.45) is 0 Å². The van der Waals surface area contributed by atoms with Crippen LogP contribution in [0, 0.1) is 12.3 Å². The molecule has 0 aromatic heterocycles. The summed E-state index contributed by atoms with van der Waals surface area (Å²) in [6.45, 7) is 3.31. The van der Waals surface area contributed by atoms with Gasteiger partial charge < -0.3 is 9.47 Å². The molecule has 0 rings (SSSR count). The number of terminal acetylenes is 1. The van der Waals surface area contributed by atoms with Crippen molar-refractivity contribution in [1.82, 2.24) is 0 Å². The van der Waals surface area contributed by atoms with E-state index in [1.807, 2.05) is 6.92 Å². The summed E-state index contributed by atoms with van der Waals surface area (Å²) in [5, 5.41) is 0. The molecule has 0 heterocycles. The maximum absolute atomic E-state index is 10.9. The Morgan fingerprint density at radius 3 is 2.54 bits per heavy atom. The maximum Gasteiger partial charge on any atom is 0.418 e. The first-order valence-corrected chi connectivity index (χ1v) is 3.93. The third kappa shape index (κ3) is 4.86. The molecule has 4 nitrogen and oxygen atoms in total. The summed E-state index contributed by atoms with van der Waals surface area (Å²) in [5.74, 6) is 0.0309. The molecule has 0 aromatic carbocycles. The van der Waals surface area contributed by atoms with Crippen molar-refractivity contribution in [3.8, 4) is 12.3 Å². The first kappa shape index (κ1) is 11.5. The van der Waals surface area contributed by atoms with Gasteiger partial charge in [0, 0.05) is 0 Å². The lowest BCUT2D eigenvalue weighted by Gasteiger charge is -2.08. The van der Waals surface area contributed by atoms with Crippen molar-refractivity contribution in [2.45, 2.75) is 26.4 Å². The molecule has 0 fully saturated rings. The van der Waals surface area contributed by atoms with Crippen molar-refractivity contribution in [3.05, 3.63) is 0 Å². The van der Waals surface area contributed by atoms with Gasteiger partial charge in [0.05, 0.1) is 6.10 Å². The number of rotatable bonds is 3. The summed E-state index contributed by atoms with van der Waals surface area (Å²) in [7, 11) is 0. The molecule has 0 radical (unpaired) electrons. The van der Waals surface area contributed by atoms with E-state index >= 15 is 0 Å². The van der Waals surface area contributed by atoms with E-state index in [0.29, 0.717) is 6.42 Å². The van der Waals surface area contributed by atoms with E-state index in [0.717, 1.165) is 0 Å². The fraction of sp³-hybridized carbons (Fsp3) is 0.556. The average molecular weight is 184 g/mol. The Labute approximate surface area is 77.2 Å². The molecule has 4 heteroatoms. The molecular formula is C9H12O4. The predicted octanol–water partition coefficient (Wildman–Crippen LogP) is 0.504. The van der Waals surface area contributed by atoms with Crippen LogP contribution in [0.15, 0.2) is 0 Å². The van der Waals surface area contributed by atoms with Crippen molar-refractivity contribution in [2.75, 3.05) is 6.61 Å². The monoisotopic (exact) mass is 184 g/mol. The molecular weight excluding hydrogens is 172 g/mol. The molecule has 13 heavy (non-hydrogen) atoms. The highest BCUT2D eigenvalue weighted by Crippen LogP contribution is 1.97. The van der Waals surface area contributed by atoms with Crippen molar-refractivity contribution < 1.29 is 19.1 Å². The molecule has 0 aliphatic rings. The molecule has 0 spiro atoms. The highest BCUT2D eigenvalue weighted by molar-refractivity contribution is 6.29. The maximum atomic E-state index is 10.9. The Morgan fingerprint density at radius 2 is 2.08 bits per heavy atom. The average Bonchev–Trinajstić information content (AvgIpc) is 2.13. The second kappa shape index (κ2) is 6.06. The van der Waals surface area contributed by atoms with Gasteiger partial charge in [0.2, 0.25) is 0 Å². The molecule has 0 saturated carbocycles. The van der Waals surface area contributed by atoms with Gasteiger partial charge in [-0.1, -0.05) is 12.8 Å². The molecule has 0 amide bonds. The van der Waals surface area contributed by atoms with Crippen LogP contribution in [0.1, 0.15) is 20.3 Å². The van der Waals surface area contributed by atoms with Gasteiger partial charge in [0.25, 0.3) is 0 Å². The van der Waals surface area contributed by atoms with Crippen LogP contribution in [0.25, 0.3) is 0 Å². The van der Waals surface area contributed by atoms with Gasteiger partial charge in [-0.05, 0) is 13.3 Å². The van der Waals surface area contributed by atoms with Gasteiger partial charge in [0.15, 0.2) is 6.61 Å². The van der Waals surface area contributed by atoms with Crippen LogP contribution in [0.2, 0.25) is 0 Å². The number of hydrogen-bond donors (Lipinski definition) is 0. The first-order chi connectivity index (χ1) is 6.11. The normalized spacial score (nSPS) is 11.2. The van der Waals surface area contributed by atoms with E-state index < -0.39 is 11.9 Å². The number of esters is 2. The minimum absolute atomic E-state index is 0.214. The van der Waals surface area contributed by atoms with Crippen LogP contribution < -0.4 is 0 Å². The van der Waals surface area contributed by atoms with Crippen LogP contribution in [-0.4, -0.2) is 24.6 Å². The highest BCUT2D eigenvalue weighted by Gasteiger charge is 2.18. The number of hydrogen-bond acceptors (Lipinski definition) is 4. The van der Waals surface area contributed by atoms with E-state index in [9.17, 15) is 9.59 Å². The van der Waals surface area contributed by atoms with Gasteiger partial charge in [-0.3, -0.25) is 0 Å². The minimum Gasteiger partial charge on any atom is -0.454 e. The second-order valence-corrected chi connectivity index (χ2v) is 2.40. The van der Waals surface area contributed by atoms with Gasteiger partial charge in [-0.2, -0.15) is 0 Å². The van der Waals surface area contributed by atoms with Gasteiger partial charge in [-0.15, -0.1) is 6.42 Å². The lowest BCUT2D eigenvalue weighted by atomic mass is 10.3. The summed E-state index contributed by atoms with van der Waals surface area (Å²) in [4.78, 5) is 21.6. The zero-order valence-corrected chi connectivity index (χ0v) is 7.70. The van der Waals surface area contributed by atoms with Crippen LogP contribution in [-0.2, 0) is 19.1 Å². The van der Waals surface area contributed by atoms with Crippen LogP contribution >= 0.6 is 0 Å². The molecule has 1 atom stereocenters. The SMILES string of the molecule is C#CCOC(=O)C(=O)OC(C)CC. The molecule has 72 valence electrons. The van der Waals surface area contributed by atoms with Crippen molar-refractivity contribution in [3.63, 3.8) is 0 Å². The zero-order chi connectivity index (χ0) is 10.3. The van der Waals surface area contributed by atoms with Crippen LogP contribution in [0.3, 0.4) is 0 Å². The molecule has 0 aromatic rings. The Morgan fingerprint density at radius 1 is 1.46 bits per heavy atom. The quantitative estimate of drug-likeness (QED) is 0.364. The summed E-state index contributed by atoms with van der Waals surface area (Å²) in [6.07, 6.45) is 5.19. The predicted molar refractivity (Wildman–Crippen MR) is 45.6 cm³/mol. The van der Waals surface area contributed by atoms with Gasteiger partial charge in [-0.25, -0.2) is 9.59 Å². The number of ether oxygens (including phenoxy) is 2. The molecule has 0 bridgehead atoms. The number of carbonyl (C=O) groups excluding carboxylic acids is 2. The Bertz CT molecular complexity index is 226. The molecule has 0 aliphatic carbocycles. The lowest BCUT2D eigenvalue weighted by Crippen LogP contribution is -2.24. The fourth-order valence-corrected chi connectivity index (χ4v) is 0.480. The van der Waals surface area contributed by atoms with Gasteiger partial charge in [0.1, 0.15) is 0 Å². The summed E-state index contributed by atoms with van der Waals surface area (Å²) < 4.78 is 9.03. The van der Waals surface area contributed by atoms with Crippen LogP contribution in [0.5, 0.6) is 0 Å². The number of carbonyl (C=O) groups is 2. The van der Waals surface area contributed by atoms with Gasteiger partial charge >= 0.3 is 11.9 Å². The summed E-state index contributed by atoms with van der Waals surface area (Å²) in [5.41, 5.74) is 0. The largest absolute Gasteiger partial charge is 0.454 e. The zero-order valence-electron chi connectivity index (χ0n) is 7.70. The van der Waals surface area contributed by atoms with E-state index in [2.05, 4.69) is 15.4 Å². The summed E-state index contributed by atoms with van der Waals surface area (Å²) in [6, 6.07) is 0. The Kier molecular flexibility index (Phi) is 5.37. The topological polar surface area (TPSA) is 52.6 Å². The second-order valence-electron chi connectivity index (χ2n) is 2.40. The molecule has 0 N–H and O–H groups in total. The van der Waals surface area contributed by atoms with E-state index in [4.69, 9.17) is 6.42 Å². The Hall–Kier alpha value is -1.50. The lowest BCUT2D eigenvalue weighted by molar-refractivity contribution is -0.169. The third-order valence-electron chi connectivity index (χ3n) is 1.34. The van der Waals surface area contributed by atoms with Crippen molar-refractivity contribution in [1.29, 1.82) is 0 Å². The minimum atomic E-state index is -1.04. The fourth-order valence-electron chi connectivity index (χ4n) is 0.480. The first-order valence-electron chi connectivity index (χ1n) is 3.93. The van der Waals surface area contributed by atoms with Crippen LogP contribution in [0.4, 0.5) is 0 Å². The molecule has 0 aliphatic heterocycles. The standard InChI is InChI=1S/C9H12O4/c1-4-6-12-8(10)9(11)13-7(3)5-2/h1,7H,5-6H2,2-3H3. The van der Waals surface area contributed by atoms with E-state index in [-0.39, 0.29) is 12.7 Å². The summed E-state index contributed by atoms with van der Waals surface area (Å²) >= 11 is 0. The molecule has 1 unspecified atom stereocenters.